The Hall–Kier alpha value is -1.49. The van der Waals surface area contributed by atoms with Crippen LogP contribution in [0.25, 0.3) is 0 Å². The molecular formula is C11H11NO3S. The van der Waals surface area contributed by atoms with Gasteiger partial charge in [0.05, 0.1) is 5.75 Å². The Morgan fingerprint density at radius 2 is 2.25 bits per heavy atom. The molecule has 1 heterocycles. The van der Waals surface area contributed by atoms with Gasteiger partial charge in [-0.3, -0.25) is 9.59 Å². The lowest BCUT2D eigenvalue weighted by molar-refractivity contribution is -0.133. The highest BCUT2D eigenvalue weighted by Crippen LogP contribution is 2.27. The second-order valence-corrected chi connectivity index (χ2v) is 4.60. The number of hydrogen-bond acceptors (Lipinski definition) is 3. The van der Waals surface area contributed by atoms with Gasteiger partial charge in [-0.25, -0.2) is 0 Å². The van der Waals surface area contributed by atoms with E-state index in [0.29, 0.717) is 6.42 Å². The zero-order chi connectivity index (χ0) is 11.5. The molecule has 0 fully saturated rings. The molecule has 1 aromatic carbocycles. The summed E-state index contributed by atoms with van der Waals surface area (Å²) in [6, 6.07) is 5.61. The van der Waals surface area contributed by atoms with Crippen molar-refractivity contribution in [1.82, 2.24) is 0 Å². The highest BCUT2D eigenvalue weighted by atomic mass is 32.2. The Kier molecular flexibility index (Phi) is 3.14. The number of aryl methyl sites for hydroxylation is 1. The molecule has 0 radical (unpaired) electrons. The second kappa shape index (κ2) is 4.57. The molecule has 0 aliphatic carbocycles. The molecule has 84 valence electrons. The quantitative estimate of drug-likeness (QED) is 0.786. The van der Waals surface area contributed by atoms with Crippen LogP contribution in [-0.4, -0.2) is 22.7 Å². The first-order valence-corrected chi connectivity index (χ1v) is 5.91. The fourth-order valence-electron chi connectivity index (χ4n) is 1.59. The van der Waals surface area contributed by atoms with Crippen molar-refractivity contribution in [3.63, 3.8) is 0 Å². The van der Waals surface area contributed by atoms with E-state index in [9.17, 15) is 9.59 Å². The smallest absolute Gasteiger partial charge is 0.313 e. The molecule has 0 atom stereocenters. The van der Waals surface area contributed by atoms with E-state index in [1.165, 1.54) is 11.8 Å². The highest BCUT2D eigenvalue weighted by molar-refractivity contribution is 8.00. The topological polar surface area (TPSA) is 66.4 Å². The van der Waals surface area contributed by atoms with E-state index in [4.69, 9.17) is 5.11 Å². The summed E-state index contributed by atoms with van der Waals surface area (Å²) < 4.78 is 0. The molecule has 1 aliphatic rings. The first kappa shape index (κ1) is 11.0. The molecule has 0 aromatic heterocycles. The first-order valence-electron chi connectivity index (χ1n) is 4.92. The Bertz CT molecular complexity index is 445. The minimum Gasteiger partial charge on any atom is -0.481 e. The van der Waals surface area contributed by atoms with Gasteiger partial charge in [-0.2, -0.15) is 0 Å². The molecule has 0 unspecified atom stereocenters. The fourth-order valence-corrected chi connectivity index (χ4v) is 2.27. The van der Waals surface area contributed by atoms with Crippen LogP contribution in [0.5, 0.6) is 0 Å². The first-order chi connectivity index (χ1) is 7.65. The second-order valence-electron chi connectivity index (χ2n) is 3.55. The summed E-state index contributed by atoms with van der Waals surface area (Å²) >= 11 is 1.29. The van der Waals surface area contributed by atoms with Gasteiger partial charge >= 0.3 is 5.97 Å². The zero-order valence-electron chi connectivity index (χ0n) is 8.53. The molecule has 2 N–H and O–H groups in total. The van der Waals surface area contributed by atoms with Crippen molar-refractivity contribution in [2.75, 3.05) is 11.1 Å². The summed E-state index contributed by atoms with van der Waals surface area (Å²) in [6.07, 6.45) is 1.22. The number of amides is 1. The van der Waals surface area contributed by atoms with Crippen LogP contribution >= 0.6 is 11.8 Å². The Morgan fingerprint density at radius 3 is 3.00 bits per heavy atom. The molecule has 4 nitrogen and oxygen atoms in total. The number of nitrogens with one attached hydrogen (secondary N) is 1. The lowest BCUT2D eigenvalue weighted by atomic mass is 10.0. The van der Waals surface area contributed by atoms with Crippen molar-refractivity contribution in [1.29, 1.82) is 0 Å². The molecule has 1 aromatic rings. The lowest BCUT2D eigenvalue weighted by Gasteiger charge is -2.17. The maximum Gasteiger partial charge on any atom is 0.313 e. The Labute approximate surface area is 97.0 Å². The minimum absolute atomic E-state index is 0.0402. The van der Waals surface area contributed by atoms with E-state index >= 15 is 0 Å². The third kappa shape index (κ3) is 2.55. The van der Waals surface area contributed by atoms with E-state index in [-0.39, 0.29) is 11.7 Å². The normalized spacial score (nSPS) is 14.1. The third-order valence-electron chi connectivity index (χ3n) is 2.33. The number of carboxylic acids is 1. The van der Waals surface area contributed by atoms with Gasteiger partial charge in [-0.05, 0) is 30.2 Å². The van der Waals surface area contributed by atoms with Crippen LogP contribution in [0, 0.1) is 0 Å². The molecule has 1 amide bonds. The average Bonchev–Trinajstić information content (AvgIpc) is 2.26. The van der Waals surface area contributed by atoms with Gasteiger partial charge in [0.25, 0.3) is 0 Å². The SMILES string of the molecule is O=C(O)CSc1ccc2c(c1)CCC(=O)N2. The van der Waals surface area contributed by atoms with Crippen molar-refractivity contribution < 1.29 is 14.7 Å². The summed E-state index contributed by atoms with van der Waals surface area (Å²) in [5, 5.41) is 11.4. The van der Waals surface area contributed by atoms with Gasteiger partial charge < -0.3 is 10.4 Å². The molecule has 2 rings (SSSR count). The van der Waals surface area contributed by atoms with Gasteiger partial charge in [-0.1, -0.05) is 0 Å². The number of hydrogen-bond donors (Lipinski definition) is 2. The van der Waals surface area contributed by atoms with Crippen molar-refractivity contribution in [2.24, 2.45) is 0 Å². The third-order valence-corrected chi connectivity index (χ3v) is 3.31. The van der Waals surface area contributed by atoms with Crippen molar-refractivity contribution in [3.8, 4) is 0 Å². The number of carboxylic acid groups (broad SMARTS) is 1. The molecule has 0 spiro atoms. The van der Waals surface area contributed by atoms with Gasteiger partial charge in [0.2, 0.25) is 5.91 Å². The van der Waals surface area contributed by atoms with Crippen LogP contribution in [0.1, 0.15) is 12.0 Å². The van der Waals surface area contributed by atoms with Crippen LogP contribution in [0.3, 0.4) is 0 Å². The summed E-state index contributed by atoms with van der Waals surface area (Å²) in [7, 11) is 0. The van der Waals surface area contributed by atoms with E-state index in [0.717, 1.165) is 22.6 Å². The summed E-state index contributed by atoms with van der Waals surface area (Å²) in [4.78, 5) is 22.5. The van der Waals surface area contributed by atoms with Crippen molar-refractivity contribution in [2.45, 2.75) is 17.7 Å². The number of thioether (sulfide) groups is 1. The van der Waals surface area contributed by atoms with Crippen LogP contribution < -0.4 is 5.32 Å². The lowest BCUT2D eigenvalue weighted by Crippen LogP contribution is -2.18. The van der Waals surface area contributed by atoms with Crippen LogP contribution in [0.4, 0.5) is 5.69 Å². The maximum absolute atomic E-state index is 11.1. The average molecular weight is 237 g/mol. The predicted octanol–water partition coefficient (Wildman–Crippen LogP) is 1.75. The maximum atomic E-state index is 11.1. The van der Waals surface area contributed by atoms with Crippen LogP contribution in [0.2, 0.25) is 0 Å². The number of carbonyl (C=O) groups excluding carboxylic acids is 1. The number of benzene rings is 1. The fraction of sp³-hybridized carbons (Fsp3) is 0.273. The van der Waals surface area contributed by atoms with Gasteiger partial charge in [0, 0.05) is 17.0 Å². The Morgan fingerprint density at radius 1 is 1.44 bits per heavy atom. The molecule has 0 bridgehead atoms. The molecule has 16 heavy (non-hydrogen) atoms. The van der Waals surface area contributed by atoms with E-state index in [2.05, 4.69) is 5.32 Å². The van der Waals surface area contributed by atoms with Gasteiger partial charge in [0.15, 0.2) is 0 Å². The number of fused-ring (bicyclic) bond motifs is 1. The van der Waals surface area contributed by atoms with E-state index < -0.39 is 5.97 Å². The van der Waals surface area contributed by atoms with Gasteiger partial charge in [-0.15, -0.1) is 11.8 Å². The summed E-state index contributed by atoms with van der Waals surface area (Å²) in [5.41, 5.74) is 1.92. The van der Waals surface area contributed by atoms with E-state index in [1.807, 2.05) is 18.2 Å². The van der Waals surface area contributed by atoms with Crippen molar-refractivity contribution >= 4 is 29.3 Å². The standard InChI is InChI=1S/C11H11NO3S/c13-10-4-1-7-5-8(16-6-11(14)15)2-3-9(7)12-10/h2-3,5H,1,4,6H2,(H,12,13)(H,14,15). The molecule has 1 aliphatic heterocycles. The zero-order valence-corrected chi connectivity index (χ0v) is 9.34. The van der Waals surface area contributed by atoms with Crippen LogP contribution in [-0.2, 0) is 16.0 Å². The van der Waals surface area contributed by atoms with Crippen molar-refractivity contribution in [3.05, 3.63) is 23.8 Å². The molecule has 5 heteroatoms. The number of carbonyl (C=O) groups is 2. The Balaban J connectivity index is 2.13. The van der Waals surface area contributed by atoms with Gasteiger partial charge in [0.1, 0.15) is 0 Å². The largest absolute Gasteiger partial charge is 0.481 e. The number of rotatable bonds is 3. The highest BCUT2D eigenvalue weighted by Gasteiger charge is 2.14. The molecular weight excluding hydrogens is 226 g/mol. The molecule has 0 saturated heterocycles. The number of aliphatic carboxylic acids is 1. The minimum atomic E-state index is -0.823. The predicted molar refractivity (Wildman–Crippen MR) is 61.8 cm³/mol. The van der Waals surface area contributed by atoms with Crippen LogP contribution in [0.15, 0.2) is 23.1 Å². The monoisotopic (exact) mass is 237 g/mol. The van der Waals surface area contributed by atoms with E-state index in [1.54, 1.807) is 0 Å². The number of anilines is 1. The summed E-state index contributed by atoms with van der Waals surface area (Å²) in [6.45, 7) is 0. The molecule has 0 saturated carbocycles. The summed E-state index contributed by atoms with van der Waals surface area (Å²) in [5.74, 6) is -0.722.